The summed E-state index contributed by atoms with van der Waals surface area (Å²) in [6, 6.07) is 7.03. The quantitative estimate of drug-likeness (QED) is 0.270. The van der Waals surface area contributed by atoms with Gasteiger partial charge in [0, 0.05) is 12.1 Å². The smallest absolute Gasteiger partial charge is 0.369 e. The standard InChI is InChI=1S/C13H14N4O4/c1-2-3-8-21-13(18)12(9-14)16-15-10-4-6-11(7-5-10)17(19)20/h4-7,15H,2-3,8H2,1H3/b16-12-. The van der Waals surface area contributed by atoms with Crippen LogP contribution in [-0.4, -0.2) is 23.2 Å². The molecule has 0 radical (unpaired) electrons. The van der Waals surface area contributed by atoms with Crippen molar-refractivity contribution in [3.8, 4) is 6.07 Å². The van der Waals surface area contributed by atoms with Crippen LogP contribution in [0.3, 0.4) is 0 Å². The number of ether oxygens (including phenoxy) is 1. The third kappa shape index (κ3) is 5.28. The molecule has 0 bridgehead atoms. The summed E-state index contributed by atoms with van der Waals surface area (Å²) in [5, 5.41) is 23.0. The molecule has 0 amide bonds. The zero-order chi connectivity index (χ0) is 15.7. The van der Waals surface area contributed by atoms with Crippen LogP contribution in [0.15, 0.2) is 29.4 Å². The minimum Gasteiger partial charge on any atom is -0.460 e. The topological polar surface area (TPSA) is 118 Å². The molecule has 0 aliphatic rings. The molecule has 0 unspecified atom stereocenters. The van der Waals surface area contributed by atoms with Crippen molar-refractivity contribution in [3.63, 3.8) is 0 Å². The maximum Gasteiger partial charge on any atom is 0.369 e. The summed E-state index contributed by atoms with van der Waals surface area (Å²) in [6.07, 6.45) is 1.58. The highest BCUT2D eigenvalue weighted by molar-refractivity contribution is 6.43. The molecule has 0 atom stereocenters. The van der Waals surface area contributed by atoms with E-state index in [0.29, 0.717) is 12.1 Å². The van der Waals surface area contributed by atoms with E-state index >= 15 is 0 Å². The van der Waals surface area contributed by atoms with Crippen LogP contribution in [0.4, 0.5) is 11.4 Å². The molecular formula is C13H14N4O4. The highest BCUT2D eigenvalue weighted by atomic mass is 16.6. The molecule has 0 saturated carbocycles. The lowest BCUT2D eigenvalue weighted by atomic mass is 10.3. The summed E-state index contributed by atoms with van der Waals surface area (Å²) in [5.74, 6) is -0.805. The number of hydrogen-bond donors (Lipinski definition) is 1. The summed E-state index contributed by atoms with van der Waals surface area (Å²) < 4.78 is 4.85. The first-order chi connectivity index (χ1) is 10.1. The fraction of sp³-hybridized carbons (Fsp3) is 0.308. The van der Waals surface area contributed by atoms with Crippen molar-refractivity contribution < 1.29 is 14.5 Å². The maximum atomic E-state index is 11.5. The Hall–Kier alpha value is -2.95. The van der Waals surface area contributed by atoms with Crippen LogP contribution in [0.1, 0.15) is 19.8 Å². The lowest BCUT2D eigenvalue weighted by Gasteiger charge is -2.03. The number of anilines is 1. The molecule has 0 aromatic heterocycles. The number of nitrogens with zero attached hydrogens (tertiary/aromatic N) is 3. The van der Waals surface area contributed by atoms with Gasteiger partial charge in [0.1, 0.15) is 6.07 Å². The fourth-order valence-corrected chi connectivity index (χ4v) is 1.27. The highest BCUT2D eigenvalue weighted by Crippen LogP contribution is 2.15. The second-order valence-electron chi connectivity index (χ2n) is 3.98. The van der Waals surface area contributed by atoms with Gasteiger partial charge in [-0.1, -0.05) is 13.3 Å². The van der Waals surface area contributed by atoms with Crippen LogP contribution in [0.5, 0.6) is 0 Å². The molecule has 8 nitrogen and oxygen atoms in total. The van der Waals surface area contributed by atoms with E-state index in [1.54, 1.807) is 6.07 Å². The molecule has 1 aromatic rings. The third-order valence-electron chi connectivity index (χ3n) is 2.41. The first-order valence-corrected chi connectivity index (χ1v) is 6.23. The maximum absolute atomic E-state index is 11.5. The molecular weight excluding hydrogens is 276 g/mol. The van der Waals surface area contributed by atoms with Crippen LogP contribution in [0.2, 0.25) is 0 Å². The molecule has 0 spiro atoms. The molecule has 8 heteroatoms. The van der Waals surface area contributed by atoms with Crippen LogP contribution in [0.25, 0.3) is 0 Å². The van der Waals surface area contributed by atoms with Crippen molar-refractivity contribution >= 4 is 23.1 Å². The summed E-state index contributed by atoms with van der Waals surface area (Å²) in [5.41, 5.74) is 2.41. The van der Waals surface area contributed by atoms with E-state index in [9.17, 15) is 14.9 Å². The van der Waals surface area contributed by atoms with Crippen LogP contribution >= 0.6 is 0 Å². The van der Waals surface area contributed by atoms with Gasteiger partial charge in [0.05, 0.1) is 17.2 Å². The predicted molar refractivity (Wildman–Crippen MR) is 75.6 cm³/mol. The van der Waals surface area contributed by atoms with Crippen molar-refractivity contribution in [2.45, 2.75) is 19.8 Å². The van der Waals surface area contributed by atoms with Crippen molar-refractivity contribution in [3.05, 3.63) is 34.4 Å². The summed E-state index contributed by atoms with van der Waals surface area (Å²) >= 11 is 0. The summed E-state index contributed by atoms with van der Waals surface area (Å²) in [4.78, 5) is 21.5. The average Bonchev–Trinajstić information content (AvgIpc) is 2.48. The van der Waals surface area contributed by atoms with Gasteiger partial charge in [-0.05, 0) is 18.6 Å². The van der Waals surface area contributed by atoms with Crippen LogP contribution in [0, 0.1) is 21.4 Å². The molecule has 1 N–H and O–H groups in total. The molecule has 1 aromatic carbocycles. The number of hydrogen-bond acceptors (Lipinski definition) is 7. The molecule has 0 aliphatic heterocycles. The number of nitrogens with one attached hydrogen (secondary N) is 1. The number of unbranched alkanes of at least 4 members (excludes halogenated alkanes) is 1. The van der Waals surface area contributed by atoms with Gasteiger partial charge in [0.25, 0.3) is 5.69 Å². The number of nitro benzene ring substituents is 1. The Morgan fingerprint density at radius 2 is 2.14 bits per heavy atom. The number of benzene rings is 1. The van der Waals surface area contributed by atoms with Gasteiger partial charge in [-0.3, -0.25) is 15.5 Å². The summed E-state index contributed by atoms with van der Waals surface area (Å²) in [6.45, 7) is 2.18. The van der Waals surface area contributed by atoms with Crippen molar-refractivity contribution in [1.29, 1.82) is 5.26 Å². The van der Waals surface area contributed by atoms with Gasteiger partial charge in [0.2, 0.25) is 5.71 Å². The molecule has 21 heavy (non-hydrogen) atoms. The zero-order valence-electron chi connectivity index (χ0n) is 11.4. The Kier molecular flexibility index (Phi) is 6.34. The van der Waals surface area contributed by atoms with E-state index in [4.69, 9.17) is 10.00 Å². The Balaban J connectivity index is 2.65. The zero-order valence-corrected chi connectivity index (χ0v) is 11.4. The molecule has 0 saturated heterocycles. The van der Waals surface area contributed by atoms with Gasteiger partial charge < -0.3 is 4.74 Å². The van der Waals surface area contributed by atoms with Gasteiger partial charge in [0.15, 0.2) is 0 Å². The Bertz CT molecular complexity index is 575. The van der Waals surface area contributed by atoms with Gasteiger partial charge in [-0.2, -0.15) is 10.4 Å². The van der Waals surface area contributed by atoms with Gasteiger partial charge in [-0.25, -0.2) is 4.79 Å². The van der Waals surface area contributed by atoms with E-state index in [1.165, 1.54) is 24.3 Å². The number of esters is 1. The largest absolute Gasteiger partial charge is 0.460 e. The predicted octanol–water partition coefficient (Wildman–Crippen LogP) is 2.23. The number of nitriles is 1. The third-order valence-corrected chi connectivity index (χ3v) is 2.41. The van der Waals surface area contributed by atoms with Gasteiger partial charge >= 0.3 is 5.97 Å². The Morgan fingerprint density at radius 3 is 2.67 bits per heavy atom. The Labute approximate surface area is 121 Å². The minimum absolute atomic E-state index is 0.0657. The second kappa shape index (κ2) is 8.27. The number of nitro groups is 1. The molecule has 0 aliphatic carbocycles. The number of hydrazone groups is 1. The lowest BCUT2D eigenvalue weighted by Crippen LogP contribution is -2.18. The molecule has 0 heterocycles. The van der Waals surface area contributed by atoms with Crippen molar-refractivity contribution in [1.82, 2.24) is 0 Å². The fourth-order valence-electron chi connectivity index (χ4n) is 1.27. The minimum atomic E-state index is -0.805. The van der Waals surface area contributed by atoms with E-state index in [0.717, 1.165) is 6.42 Å². The summed E-state index contributed by atoms with van der Waals surface area (Å²) in [7, 11) is 0. The SMILES string of the molecule is CCCCOC(=O)/C(C#N)=N\Nc1ccc([N+](=O)[O-])cc1. The molecule has 0 fully saturated rings. The lowest BCUT2D eigenvalue weighted by molar-refractivity contribution is -0.384. The highest BCUT2D eigenvalue weighted by Gasteiger charge is 2.12. The Morgan fingerprint density at radius 1 is 1.48 bits per heavy atom. The van der Waals surface area contributed by atoms with E-state index in [-0.39, 0.29) is 12.3 Å². The van der Waals surface area contributed by atoms with Crippen LogP contribution < -0.4 is 5.43 Å². The molecule has 110 valence electrons. The molecule has 1 rings (SSSR count). The first-order valence-electron chi connectivity index (χ1n) is 6.23. The first kappa shape index (κ1) is 16.1. The van der Waals surface area contributed by atoms with Gasteiger partial charge in [-0.15, -0.1) is 0 Å². The average molecular weight is 290 g/mol. The second-order valence-corrected chi connectivity index (χ2v) is 3.98. The van der Waals surface area contributed by atoms with Crippen molar-refractivity contribution in [2.24, 2.45) is 5.10 Å². The van der Waals surface area contributed by atoms with E-state index in [1.807, 2.05) is 6.92 Å². The van der Waals surface area contributed by atoms with E-state index < -0.39 is 16.6 Å². The van der Waals surface area contributed by atoms with Crippen LogP contribution in [-0.2, 0) is 9.53 Å². The number of carbonyl (C=O) groups excluding carboxylic acids is 1. The monoisotopic (exact) mass is 290 g/mol. The van der Waals surface area contributed by atoms with Crippen molar-refractivity contribution in [2.75, 3.05) is 12.0 Å². The number of carbonyl (C=O) groups is 1. The number of non-ortho nitro benzene ring substituents is 1. The van der Waals surface area contributed by atoms with E-state index in [2.05, 4.69) is 10.5 Å². The number of rotatable bonds is 7. The normalized spacial score (nSPS) is 10.6.